The summed E-state index contributed by atoms with van der Waals surface area (Å²) >= 11 is 0. The number of amides is 1. The molecule has 5 heteroatoms. The van der Waals surface area contributed by atoms with Gasteiger partial charge in [-0.3, -0.25) is 9.89 Å². The molecule has 1 aromatic heterocycles. The van der Waals surface area contributed by atoms with E-state index in [-0.39, 0.29) is 5.91 Å². The summed E-state index contributed by atoms with van der Waals surface area (Å²) in [6.45, 7) is 3.56. The molecule has 0 bridgehead atoms. The summed E-state index contributed by atoms with van der Waals surface area (Å²) in [6.07, 6.45) is 3.72. The largest absolute Gasteiger partial charge is 0.338 e. The molecule has 1 fully saturated rings. The number of carbonyl (C=O) groups is 1. The van der Waals surface area contributed by atoms with Crippen LogP contribution in [0.3, 0.4) is 0 Å². The van der Waals surface area contributed by atoms with Crippen LogP contribution in [-0.2, 0) is 0 Å². The molecule has 1 saturated heterocycles. The van der Waals surface area contributed by atoms with E-state index in [0.29, 0.717) is 11.6 Å². The summed E-state index contributed by atoms with van der Waals surface area (Å²) in [5.74, 6) is 0.105. The van der Waals surface area contributed by atoms with Crippen LogP contribution in [0.2, 0.25) is 0 Å². The third kappa shape index (κ3) is 2.49. The quantitative estimate of drug-likeness (QED) is 0.829. The van der Waals surface area contributed by atoms with Crippen LogP contribution in [0.25, 0.3) is 0 Å². The number of aromatic amines is 1. The maximum atomic E-state index is 12.2. The molecule has 2 rings (SSSR count). The lowest BCUT2D eigenvalue weighted by molar-refractivity contribution is 0.0662. The summed E-state index contributed by atoms with van der Waals surface area (Å²) < 4.78 is 0. The third-order valence-electron chi connectivity index (χ3n) is 3.54. The molecule has 0 radical (unpaired) electrons. The van der Waals surface area contributed by atoms with Gasteiger partial charge in [0.2, 0.25) is 0 Å². The highest BCUT2D eigenvalue weighted by Crippen LogP contribution is 2.17. The van der Waals surface area contributed by atoms with Gasteiger partial charge in [0.1, 0.15) is 0 Å². The van der Waals surface area contributed by atoms with Crippen molar-refractivity contribution in [3.05, 3.63) is 17.5 Å². The molecule has 1 aliphatic rings. The van der Waals surface area contributed by atoms with Gasteiger partial charge in [0, 0.05) is 24.8 Å². The first kappa shape index (κ1) is 12.1. The Balaban J connectivity index is 1.98. The molecular weight excluding hydrogens is 216 g/mol. The van der Waals surface area contributed by atoms with Gasteiger partial charge in [-0.05, 0) is 33.9 Å². The standard InChI is InChI=1S/C12H20N4O/c1-9-11(8-13-14-9)12(17)16-6-4-10(5-7-16)15(2)3/h8,10H,4-7H2,1-3H3,(H,13,14). The number of H-pyrrole nitrogens is 1. The number of nitrogens with one attached hydrogen (secondary N) is 1. The maximum absolute atomic E-state index is 12.2. The average Bonchev–Trinajstić information content (AvgIpc) is 2.74. The minimum atomic E-state index is 0.105. The van der Waals surface area contributed by atoms with Crippen LogP contribution in [0.4, 0.5) is 0 Å². The number of rotatable bonds is 2. The monoisotopic (exact) mass is 236 g/mol. The number of carbonyl (C=O) groups excluding carboxylic acids is 1. The molecule has 94 valence electrons. The van der Waals surface area contributed by atoms with Crippen molar-refractivity contribution in [2.45, 2.75) is 25.8 Å². The lowest BCUT2D eigenvalue weighted by Crippen LogP contribution is -2.44. The van der Waals surface area contributed by atoms with E-state index in [2.05, 4.69) is 29.2 Å². The summed E-state index contributed by atoms with van der Waals surface area (Å²) in [5, 5.41) is 6.71. The van der Waals surface area contributed by atoms with Crippen LogP contribution in [0, 0.1) is 6.92 Å². The highest BCUT2D eigenvalue weighted by atomic mass is 16.2. The van der Waals surface area contributed by atoms with Crippen LogP contribution in [0.5, 0.6) is 0 Å². The molecule has 1 aromatic rings. The van der Waals surface area contributed by atoms with Crippen molar-refractivity contribution in [2.75, 3.05) is 27.2 Å². The summed E-state index contributed by atoms with van der Waals surface area (Å²) in [4.78, 5) is 16.4. The summed E-state index contributed by atoms with van der Waals surface area (Å²) in [5.41, 5.74) is 1.55. The molecule has 0 spiro atoms. The van der Waals surface area contributed by atoms with E-state index in [0.717, 1.165) is 31.6 Å². The lowest BCUT2D eigenvalue weighted by atomic mass is 10.0. The minimum Gasteiger partial charge on any atom is -0.338 e. The number of likely N-dealkylation sites (tertiary alicyclic amines) is 1. The van der Waals surface area contributed by atoms with Crippen molar-refractivity contribution in [3.8, 4) is 0 Å². The number of piperidine rings is 1. The Morgan fingerprint density at radius 2 is 2.12 bits per heavy atom. The third-order valence-corrected chi connectivity index (χ3v) is 3.54. The van der Waals surface area contributed by atoms with E-state index in [9.17, 15) is 4.79 Å². The molecule has 17 heavy (non-hydrogen) atoms. The lowest BCUT2D eigenvalue weighted by Gasteiger charge is -2.35. The van der Waals surface area contributed by atoms with Crippen LogP contribution < -0.4 is 0 Å². The van der Waals surface area contributed by atoms with Crippen LogP contribution in [0.15, 0.2) is 6.20 Å². The molecule has 0 saturated carbocycles. The minimum absolute atomic E-state index is 0.105. The highest BCUT2D eigenvalue weighted by molar-refractivity contribution is 5.95. The van der Waals surface area contributed by atoms with Crippen molar-refractivity contribution >= 4 is 5.91 Å². The van der Waals surface area contributed by atoms with Crippen LogP contribution in [0.1, 0.15) is 28.9 Å². The second-order valence-corrected chi connectivity index (χ2v) is 4.90. The fourth-order valence-corrected chi connectivity index (χ4v) is 2.32. The molecule has 0 aliphatic carbocycles. The van der Waals surface area contributed by atoms with Gasteiger partial charge in [0.05, 0.1) is 11.8 Å². The van der Waals surface area contributed by atoms with Gasteiger partial charge in [-0.15, -0.1) is 0 Å². The fraction of sp³-hybridized carbons (Fsp3) is 0.667. The average molecular weight is 236 g/mol. The molecule has 1 aliphatic heterocycles. The zero-order valence-electron chi connectivity index (χ0n) is 10.7. The molecule has 0 atom stereocenters. The van der Waals surface area contributed by atoms with Crippen LogP contribution >= 0.6 is 0 Å². The maximum Gasteiger partial charge on any atom is 0.257 e. The smallest absolute Gasteiger partial charge is 0.257 e. The number of nitrogens with zero attached hydrogens (tertiary/aromatic N) is 3. The van der Waals surface area contributed by atoms with E-state index in [4.69, 9.17) is 0 Å². The zero-order valence-corrected chi connectivity index (χ0v) is 10.7. The van der Waals surface area contributed by atoms with E-state index < -0.39 is 0 Å². The van der Waals surface area contributed by atoms with Gasteiger partial charge < -0.3 is 9.80 Å². The predicted octanol–water partition coefficient (Wildman–Crippen LogP) is 0.884. The van der Waals surface area contributed by atoms with E-state index in [1.807, 2.05) is 11.8 Å². The van der Waals surface area contributed by atoms with Gasteiger partial charge in [-0.2, -0.15) is 5.10 Å². The summed E-state index contributed by atoms with van der Waals surface area (Å²) in [7, 11) is 4.20. The van der Waals surface area contributed by atoms with E-state index in [1.165, 1.54) is 0 Å². The zero-order chi connectivity index (χ0) is 12.4. The molecule has 5 nitrogen and oxygen atoms in total. The Hall–Kier alpha value is -1.36. The second-order valence-electron chi connectivity index (χ2n) is 4.90. The van der Waals surface area contributed by atoms with Crippen LogP contribution in [-0.4, -0.2) is 59.1 Å². The van der Waals surface area contributed by atoms with Gasteiger partial charge in [-0.1, -0.05) is 0 Å². The molecule has 0 unspecified atom stereocenters. The SMILES string of the molecule is Cc1[nH]ncc1C(=O)N1CCC(N(C)C)CC1. The first-order valence-electron chi connectivity index (χ1n) is 6.05. The second kappa shape index (κ2) is 4.87. The Bertz CT molecular complexity index is 391. The number of aromatic nitrogens is 2. The number of hydrogen-bond acceptors (Lipinski definition) is 3. The normalized spacial score (nSPS) is 17.8. The predicted molar refractivity (Wildman–Crippen MR) is 65.9 cm³/mol. The van der Waals surface area contributed by atoms with Crippen molar-refractivity contribution in [3.63, 3.8) is 0 Å². The molecular formula is C12H20N4O. The van der Waals surface area contributed by atoms with Crippen molar-refractivity contribution in [1.29, 1.82) is 0 Å². The van der Waals surface area contributed by atoms with Gasteiger partial charge in [0.15, 0.2) is 0 Å². The molecule has 2 heterocycles. The first-order valence-corrected chi connectivity index (χ1v) is 6.05. The Morgan fingerprint density at radius 1 is 1.47 bits per heavy atom. The molecule has 1 N–H and O–H groups in total. The number of hydrogen-bond donors (Lipinski definition) is 1. The topological polar surface area (TPSA) is 52.2 Å². The Kier molecular flexibility index (Phi) is 3.47. The van der Waals surface area contributed by atoms with Crippen molar-refractivity contribution < 1.29 is 4.79 Å². The summed E-state index contributed by atoms with van der Waals surface area (Å²) in [6, 6.07) is 0.601. The molecule has 0 aromatic carbocycles. The van der Waals surface area contributed by atoms with E-state index >= 15 is 0 Å². The van der Waals surface area contributed by atoms with Crippen molar-refractivity contribution in [1.82, 2.24) is 20.0 Å². The first-order chi connectivity index (χ1) is 8.09. The van der Waals surface area contributed by atoms with Crippen molar-refractivity contribution in [2.24, 2.45) is 0 Å². The van der Waals surface area contributed by atoms with Gasteiger partial charge in [-0.25, -0.2) is 0 Å². The number of aryl methyl sites for hydroxylation is 1. The Morgan fingerprint density at radius 3 is 2.59 bits per heavy atom. The van der Waals surface area contributed by atoms with E-state index in [1.54, 1.807) is 6.20 Å². The van der Waals surface area contributed by atoms with Gasteiger partial charge >= 0.3 is 0 Å². The molecule has 1 amide bonds. The highest BCUT2D eigenvalue weighted by Gasteiger charge is 2.25. The van der Waals surface area contributed by atoms with Gasteiger partial charge in [0.25, 0.3) is 5.91 Å². The fourth-order valence-electron chi connectivity index (χ4n) is 2.32. The Labute approximate surface area is 102 Å².